The Morgan fingerprint density at radius 1 is 0.903 bits per heavy atom. The molecule has 0 aromatic rings. The summed E-state index contributed by atoms with van der Waals surface area (Å²) in [6, 6.07) is 0. The highest BCUT2D eigenvalue weighted by atomic mass is 16.3. The van der Waals surface area contributed by atoms with E-state index in [1.165, 1.54) is 38.5 Å². The lowest BCUT2D eigenvalue weighted by atomic mass is 9.47. The summed E-state index contributed by atoms with van der Waals surface area (Å²) in [4.78, 5) is 0. The van der Waals surface area contributed by atoms with E-state index in [9.17, 15) is 5.11 Å². The fraction of sp³-hybridized carbons (Fsp3) is 0.867. The molecule has 8 atom stereocenters. The topological polar surface area (TPSA) is 20.2 Å². The van der Waals surface area contributed by atoms with Crippen molar-refractivity contribution in [3.8, 4) is 0 Å². The Bertz CT molecular complexity index is 693. The van der Waals surface area contributed by atoms with E-state index in [0.29, 0.717) is 22.7 Å². The zero-order chi connectivity index (χ0) is 22.6. The average Bonchev–Trinajstić information content (AvgIpc) is 3.05. The van der Waals surface area contributed by atoms with E-state index in [4.69, 9.17) is 0 Å². The van der Waals surface area contributed by atoms with Crippen LogP contribution in [0.2, 0.25) is 0 Å². The highest BCUT2D eigenvalue weighted by Crippen LogP contribution is 2.67. The number of fused-ring (bicyclic) bond motifs is 5. The van der Waals surface area contributed by atoms with Gasteiger partial charge in [0.15, 0.2) is 0 Å². The van der Waals surface area contributed by atoms with Gasteiger partial charge in [0.05, 0.1) is 6.10 Å². The minimum Gasteiger partial charge on any atom is -0.393 e. The second-order valence-corrected chi connectivity index (χ2v) is 13.2. The molecule has 0 amide bonds. The highest BCUT2D eigenvalue weighted by Gasteiger charge is 2.58. The lowest BCUT2D eigenvalue weighted by molar-refractivity contribution is -0.0540. The molecular weight excluding hydrogens is 376 g/mol. The van der Waals surface area contributed by atoms with Crippen LogP contribution in [0.4, 0.5) is 0 Å². The van der Waals surface area contributed by atoms with Gasteiger partial charge >= 0.3 is 0 Å². The number of aliphatic hydroxyl groups excluding tert-OH is 1. The lowest BCUT2D eigenvalue weighted by Crippen LogP contribution is -2.50. The maximum absolute atomic E-state index is 10.3. The van der Waals surface area contributed by atoms with Crippen LogP contribution in [0.15, 0.2) is 23.8 Å². The lowest BCUT2D eigenvalue weighted by Gasteiger charge is -2.58. The SMILES string of the molecule is CC(C)C(/C=C/[C@@H](C)[C@H]1CC[C@H]2[C@@H]3CC=C4C[C@@H](O)CC[C@]4(C)[C@H]3CC[C@]12C)C(C)C. The van der Waals surface area contributed by atoms with Crippen LogP contribution in [0.5, 0.6) is 0 Å². The molecule has 3 fully saturated rings. The summed E-state index contributed by atoms with van der Waals surface area (Å²) in [5, 5.41) is 10.3. The molecule has 4 rings (SSSR count). The molecule has 1 N–H and O–H groups in total. The van der Waals surface area contributed by atoms with Crippen molar-refractivity contribution in [3.63, 3.8) is 0 Å². The molecule has 31 heavy (non-hydrogen) atoms. The van der Waals surface area contributed by atoms with Crippen molar-refractivity contribution in [1.82, 2.24) is 0 Å². The van der Waals surface area contributed by atoms with Crippen LogP contribution in [0.3, 0.4) is 0 Å². The molecule has 0 heterocycles. The standard InChI is InChI=1S/C30H50O/c1-19(2)24(20(3)4)10-8-21(5)26-12-13-27-25-11-9-22-18-23(31)14-16-29(22,6)28(25)15-17-30(26,27)7/h8-10,19-21,23-28,31H,11-18H2,1-7H3/b10-8+/t21-,23+,25+,26-,27+,28+,29+,30-/m1/s1. The molecule has 3 saturated carbocycles. The molecule has 0 aromatic carbocycles. The third kappa shape index (κ3) is 4.00. The van der Waals surface area contributed by atoms with Crippen molar-refractivity contribution in [2.75, 3.05) is 0 Å². The Labute approximate surface area is 193 Å². The van der Waals surface area contributed by atoms with Gasteiger partial charge in [-0.1, -0.05) is 72.3 Å². The monoisotopic (exact) mass is 426 g/mol. The first-order chi connectivity index (χ1) is 14.6. The Kier molecular flexibility index (Phi) is 6.59. The van der Waals surface area contributed by atoms with Crippen molar-refractivity contribution >= 4 is 0 Å². The number of aliphatic hydroxyl groups is 1. The third-order valence-electron chi connectivity index (χ3n) is 11.0. The third-order valence-corrected chi connectivity index (χ3v) is 11.0. The van der Waals surface area contributed by atoms with Crippen molar-refractivity contribution in [3.05, 3.63) is 23.8 Å². The van der Waals surface area contributed by atoms with Crippen LogP contribution in [-0.4, -0.2) is 11.2 Å². The first kappa shape index (κ1) is 23.6. The van der Waals surface area contributed by atoms with Crippen molar-refractivity contribution < 1.29 is 5.11 Å². The van der Waals surface area contributed by atoms with E-state index in [1.54, 1.807) is 5.57 Å². The van der Waals surface area contributed by atoms with Crippen LogP contribution in [-0.2, 0) is 0 Å². The predicted octanol–water partition coefficient (Wildman–Crippen LogP) is 8.05. The van der Waals surface area contributed by atoms with E-state index in [2.05, 4.69) is 66.7 Å². The van der Waals surface area contributed by atoms with Crippen molar-refractivity contribution in [2.45, 2.75) is 106 Å². The summed E-state index contributed by atoms with van der Waals surface area (Å²) in [5.74, 6) is 6.33. The van der Waals surface area contributed by atoms with Crippen molar-refractivity contribution in [1.29, 1.82) is 0 Å². The minimum atomic E-state index is -0.0891. The normalized spacial score (nSPS) is 43.8. The molecule has 0 aromatic heterocycles. The van der Waals surface area contributed by atoms with Crippen LogP contribution >= 0.6 is 0 Å². The van der Waals surface area contributed by atoms with Gasteiger partial charge in [-0.15, -0.1) is 0 Å². The van der Waals surface area contributed by atoms with Gasteiger partial charge in [-0.05, 0) is 110 Å². The summed E-state index contributed by atoms with van der Waals surface area (Å²) < 4.78 is 0. The Balaban J connectivity index is 1.52. The van der Waals surface area contributed by atoms with E-state index in [1.807, 2.05) is 0 Å². The van der Waals surface area contributed by atoms with Gasteiger partial charge in [0.1, 0.15) is 0 Å². The molecule has 1 nitrogen and oxygen atoms in total. The summed E-state index contributed by atoms with van der Waals surface area (Å²) in [6.45, 7) is 17.3. The number of rotatable bonds is 5. The first-order valence-electron chi connectivity index (χ1n) is 13.6. The van der Waals surface area contributed by atoms with Gasteiger partial charge in [-0.25, -0.2) is 0 Å². The Morgan fingerprint density at radius 2 is 1.61 bits per heavy atom. The fourth-order valence-corrected chi connectivity index (χ4v) is 9.20. The number of hydrogen-bond acceptors (Lipinski definition) is 1. The largest absolute Gasteiger partial charge is 0.393 e. The fourth-order valence-electron chi connectivity index (χ4n) is 9.20. The summed E-state index contributed by atoms with van der Waals surface area (Å²) >= 11 is 0. The van der Waals surface area contributed by atoms with Gasteiger partial charge in [-0.2, -0.15) is 0 Å². The molecule has 0 unspecified atom stereocenters. The van der Waals surface area contributed by atoms with Gasteiger partial charge in [0.25, 0.3) is 0 Å². The highest BCUT2D eigenvalue weighted by molar-refractivity contribution is 5.25. The number of hydrogen-bond donors (Lipinski definition) is 1. The van der Waals surface area contributed by atoms with E-state index in [-0.39, 0.29) is 6.10 Å². The van der Waals surface area contributed by atoms with Gasteiger partial charge in [0, 0.05) is 0 Å². The zero-order valence-electron chi connectivity index (χ0n) is 21.5. The number of allylic oxidation sites excluding steroid dienone is 3. The second-order valence-electron chi connectivity index (χ2n) is 13.2. The smallest absolute Gasteiger partial charge is 0.0577 e. The summed E-state index contributed by atoms with van der Waals surface area (Å²) in [5.41, 5.74) is 2.50. The quantitative estimate of drug-likeness (QED) is 0.441. The molecule has 1 heteroatoms. The van der Waals surface area contributed by atoms with E-state index >= 15 is 0 Å². The predicted molar refractivity (Wildman–Crippen MR) is 133 cm³/mol. The van der Waals surface area contributed by atoms with Gasteiger partial charge < -0.3 is 5.11 Å². The maximum Gasteiger partial charge on any atom is 0.0577 e. The van der Waals surface area contributed by atoms with Crippen LogP contribution in [0.1, 0.15) is 99.8 Å². The molecule has 0 bridgehead atoms. The Hall–Kier alpha value is -0.560. The minimum absolute atomic E-state index is 0.0891. The first-order valence-corrected chi connectivity index (χ1v) is 13.6. The van der Waals surface area contributed by atoms with Crippen LogP contribution in [0.25, 0.3) is 0 Å². The molecule has 0 aliphatic heterocycles. The summed E-state index contributed by atoms with van der Waals surface area (Å²) in [6.07, 6.45) is 17.8. The second kappa shape index (κ2) is 8.66. The van der Waals surface area contributed by atoms with Crippen LogP contribution in [0, 0.1) is 58.2 Å². The molecule has 4 aliphatic rings. The molecule has 0 spiro atoms. The zero-order valence-corrected chi connectivity index (χ0v) is 21.5. The summed E-state index contributed by atoms with van der Waals surface area (Å²) in [7, 11) is 0. The molecule has 4 aliphatic carbocycles. The van der Waals surface area contributed by atoms with Crippen LogP contribution < -0.4 is 0 Å². The van der Waals surface area contributed by atoms with E-state index in [0.717, 1.165) is 48.3 Å². The van der Waals surface area contributed by atoms with E-state index < -0.39 is 0 Å². The average molecular weight is 427 g/mol. The van der Waals surface area contributed by atoms with Gasteiger partial charge in [-0.3, -0.25) is 0 Å². The molecule has 176 valence electrons. The maximum atomic E-state index is 10.3. The molecule has 0 saturated heterocycles. The molecular formula is C30H50O. The van der Waals surface area contributed by atoms with Gasteiger partial charge in [0.2, 0.25) is 0 Å². The Morgan fingerprint density at radius 3 is 2.29 bits per heavy atom. The van der Waals surface area contributed by atoms with Crippen molar-refractivity contribution in [2.24, 2.45) is 58.2 Å². The molecule has 0 radical (unpaired) electrons.